The van der Waals surface area contributed by atoms with Crippen molar-refractivity contribution in [2.45, 2.75) is 13.3 Å². The summed E-state index contributed by atoms with van der Waals surface area (Å²) in [5, 5.41) is 0. The number of carbonyl (C=O) groups is 1. The van der Waals surface area contributed by atoms with Crippen LogP contribution in [-0.2, 0) is 11.2 Å². The van der Waals surface area contributed by atoms with Crippen LogP contribution in [0, 0.1) is 6.92 Å². The molecule has 0 amide bonds. The molecule has 1 heterocycles. The second kappa shape index (κ2) is 2.63. The Morgan fingerprint density at radius 3 is 3.08 bits per heavy atom. The van der Waals surface area contributed by atoms with Gasteiger partial charge < -0.3 is 4.74 Å². The van der Waals surface area contributed by atoms with Gasteiger partial charge in [0.05, 0.1) is 0 Å². The summed E-state index contributed by atoms with van der Waals surface area (Å²) < 4.78 is 5.24. The van der Waals surface area contributed by atoms with E-state index >= 15 is 0 Å². The maximum Gasteiger partial charge on any atom is 0.174 e. The lowest BCUT2D eigenvalue weighted by Gasteiger charge is -2.16. The number of rotatable bonds is 0. The summed E-state index contributed by atoms with van der Waals surface area (Å²) in [6.07, 6.45) is 0.525. The van der Waals surface area contributed by atoms with Gasteiger partial charge in [0.25, 0.3) is 0 Å². The Hall–Kier alpha value is -1.31. The van der Waals surface area contributed by atoms with Crippen LogP contribution >= 0.6 is 0 Å². The molecule has 0 radical (unpaired) electrons. The fraction of sp³-hybridized carbons (Fsp3) is 0.300. The first-order valence-electron chi connectivity index (χ1n) is 4.00. The summed E-state index contributed by atoms with van der Waals surface area (Å²) in [7, 11) is 0. The largest absolute Gasteiger partial charge is 0.486 e. The first-order chi connectivity index (χ1) is 5.75. The molecule has 1 aromatic rings. The second-order valence-electron chi connectivity index (χ2n) is 3.12. The predicted octanol–water partition coefficient (Wildman–Crippen LogP) is 1.50. The van der Waals surface area contributed by atoms with Gasteiger partial charge in [-0.15, -0.1) is 0 Å². The van der Waals surface area contributed by atoms with E-state index in [1.807, 2.05) is 25.1 Å². The van der Waals surface area contributed by atoms with Crippen molar-refractivity contribution >= 4 is 5.78 Å². The van der Waals surface area contributed by atoms with Gasteiger partial charge in [-0.3, -0.25) is 4.79 Å². The van der Waals surface area contributed by atoms with E-state index in [1.54, 1.807) is 0 Å². The number of carbonyl (C=O) groups excluding carboxylic acids is 1. The van der Waals surface area contributed by atoms with Crippen molar-refractivity contribution < 1.29 is 9.53 Å². The Morgan fingerprint density at radius 1 is 1.42 bits per heavy atom. The van der Waals surface area contributed by atoms with Crippen LogP contribution in [0.4, 0.5) is 0 Å². The number of fused-ring (bicyclic) bond motifs is 1. The highest BCUT2D eigenvalue weighted by Gasteiger charge is 2.15. The highest BCUT2D eigenvalue weighted by atomic mass is 16.5. The SMILES string of the molecule is Cc1ccc2c(c1)CC(=O)CO2. The summed E-state index contributed by atoms with van der Waals surface area (Å²) in [6, 6.07) is 5.93. The van der Waals surface area contributed by atoms with E-state index in [-0.39, 0.29) is 12.4 Å². The summed E-state index contributed by atoms with van der Waals surface area (Å²) in [5.41, 5.74) is 2.19. The van der Waals surface area contributed by atoms with Crippen molar-refractivity contribution in [3.8, 4) is 5.75 Å². The van der Waals surface area contributed by atoms with Crippen molar-refractivity contribution in [1.29, 1.82) is 0 Å². The minimum Gasteiger partial charge on any atom is -0.486 e. The molecule has 0 spiro atoms. The Balaban J connectivity index is 2.44. The molecule has 0 aliphatic carbocycles. The van der Waals surface area contributed by atoms with E-state index in [0.717, 1.165) is 11.3 Å². The van der Waals surface area contributed by atoms with Crippen LogP contribution in [-0.4, -0.2) is 12.4 Å². The predicted molar refractivity (Wildman–Crippen MR) is 45.4 cm³/mol. The lowest BCUT2D eigenvalue weighted by Crippen LogP contribution is -2.20. The van der Waals surface area contributed by atoms with E-state index in [2.05, 4.69) is 0 Å². The van der Waals surface area contributed by atoms with Crippen molar-refractivity contribution in [2.24, 2.45) is 0 Å². The molecule has 0 saturated heterocycles. The molecule has 1 aliphatic rings. The van der Waals surface area contributed by atoms with Gasteiger partial charge in [0.2, 0.25) is 0 Å². The number of aryl methyl sites for hydroxylation is 1. The molecule has 1 aliphatic heterocycles. The molecule has 0 atom stereocenters. The minimum atomic E-state index is 0.160. The lowest BCUT2D eigenvalue weighted by atomic mass is 10.0. The van der Waals surface area contributed by atoms with Gasteiger partial charge in [0.1, 0.15) is 12.4 Å². The number of ether oxygens (including phenoxy) is 1. The van der Waals surface area contributed by atoms with Crippen molar-refractivity contribution in [1.82, 2.24) is 0 Å². The lowest BCUT2D eigenvalue weighted by molar-refractivity contribution is -0.121. The molecule has 0 bridgehead atoms. The van der Waals surface area contributed by atoms with E-state index in [0.29, 0.717) is 6.42 Å². The van der Waals surface area contributed by atoms with E-state index in [1.165, 1.54) is 5.56 Å². The monoisotopic (exact) mass is 162 g/mol. The Kier molecular flexibility index (Phi) is 1.61. The summed E-state index contributed by atoms with van der Waals surface area (Å²) in [6.45, 7) is 2.25. The molecular weight excluding hydrogens is 152 g/mol. The van der Waals surface area contributed by atoms with Crippen LogP contribution in [0.3, 0.4) is 0 Å². The average Bonchev–Trinajstić information content (AvgIpc) is 2.03. The zero-order valence-electron chi connectivity index (χ0n) is 6.96. The zero-order chi connectivity index (χ0) is 8.55. The number of ketones is 1. The number of hydrogen-bond acceptors (Lipinski definition) is 2. The number of hydrogen-bond donors (Lipinski definition) is 0. The maximum atomic E-state index is 11.0. The molecule has 12 heavy (non-hydrogen) atoms. The van der Waals surface area contributed by atoms with E-state index < -0.39 is 0 Å². The fourth-order valence-corrected chi connectivity index (χ4v) is 1.41. The second-order valence-corrected chi connectivity index (χ2v) is 3.12. The fourth-order valence-electron chi connectivity index (χ4n) is 1.41. The molecular formula is C10H10O2. The molecule has 0 N–H and O–H groups in total. The van der Waals surface area contributed by atoms with Crippen LogP contribution < -0.4 is 4.74 Å². The van der Waals surface area contributed by atoms with Gasteiger partial charge in [0.15, 0.2) is 5.78 Å². The highest BCUT2D eigenvalue weighted by Crippen LogP contribution is 2.23. The van der Waals surface area contributed by atoms with Crippen molar-refractivity contribution in [2.75, 3.05) is 6.61 Å². The van der Waals surface area contributed by atoms with Gasteiger partial charge in [-0.2, -0.15) is 0 Å². The number of benzene rings is 1. The number of Topliss-reactive ketones (excluding diaryl/α,β-unsaturated/α-hetero) is 1. The van der Waals surface area contributed by atoms with Crippen LogP contribution in [0.1, 0.15) is 11.1 Å². The average molecular weight is 162 g/mol. The van der Waals surface area contributed by atoms with Crippen LogP contribution in [0.2, 0.25) is 0 Å². The molecule has 0 unspecified atom stereocenters. The first kappa shape index (κ1) is 7.35. The Morgan fingerprint density at radius 2 is 2.25 bits per heavy atom. The standard InChI is InChI=1S/C10H10O2/c1-7-2-3-10-8(4-7)5-9(11)6-12-10/h2-4H,5-6H2,1H3. The molecule has 0 saturated carbocycles. The molecule has 2 heteroatoms. The van der Waals surface area contributed by atoms with Crippen molar-refractivity contribution in [3.63, 3.8) is 0 Å². The minimum absolute atomic E-state index is 0.160. The third-order valence-electron chi connectivity index (χ3n) is 1.99. The van der Waals surface area contributed by atoms with Crippen LogP contribution in [0.15, 0.2) is 18.2 Å². The van der Waals surface area contributed by atoms with Crippen molar-refractivity contribution in [3.05, 3.63) is 29.3 Å². The first-order valence-corrected chi connectivity index (χ1v) is 4.00. The third-order valence-corrected chi connectivity index (χ3v) is 1.99. The molecule has 62 valence electrons. The topological polar surface area (TPSA) is 26.3 Å². The maximum absolute atomic E-state index is 11.0. The van der Waals surface area contributed by atoms with Gasteiger partial charge >= 0.3 is 0 Å². The van der Waals surface area contributed by atoms with Gasteiger partial charge in [0, 0.05) is 12.0 Å². The third kappa shape index (κ3) is 1.20. The molecule has 2 rings (SSSR count). The van der Waals surface area contributed by atoms with Crippen LogP contribution in [0.25, 0.3) is 0 Å². The van der Waals surface area contributed by atoms with Gasteiger partial charge in [-0.1, -0.05) is 17.7 Å². The molecule has 0 aromatic heterocycles. The summed E-state index contributed by atoms with van der Waals surface area (Å²) >= 11 is 0. The summed E-state index contributed by atoms with van der Waals surface area (Å²) in [4.78, 5) is 11.0. The van der Waals surface area contributed by atoms with Gasteiger partial charge in [-0.05, 0) is 13.0 Å². The normalized spacial score (nSPS) is 15.2. The molecule has 1 aromatic carbocycles. The zero-order valence-corrected chi connectivity index (χ0v) is 6.96. The van der Waals surface area contributed by atoms with E-state index in [4.69, 9.17) is 4.74 Å². The highest BCUT2D eigenvalue weighted by molar-refractivity contribution is 5.84. The summed E-state index contributed by atoms with van der Waals surface area (Å²) in [5.74, 6) is 1.02. The van der Waals surface area contributed by atoms with E-state index in [9.17, 15) is 4.79 Å². The Labute approximate surface area is 71.2 Å². The quantitative estimate of drug-likeness (QED) is 0.577. The molecule has 2 nitrogen and oxygen atoms in total. The smallest absolute Gasteiger partial charge is 0.174 e. The molecule has 0 fully saturated rings. The van der Waals surface area contributed by atoms with Gasteiger partial charge in [-0.25, -0.2) is 0 Å². The Bertz CT molecular complexity index is 329. The van der Waals surface area contributed by atoms with Crippen LogP contribution in [0.5, 0.6) is 5.75 Å².